The molecule has 0 saturated heterocycles. The number of fused-ring (bicyclic) bond motifs is 1. The van der Waals surface area contributed by atoms with Crippen LogP contribution in [0, 0.1) is 12.7 Å². The zero-order valence-corrected chi connectivity index (χ0v) is 14.5. The smallest absolute Gasteiger partial charge is 0.224 e. The lowest BCUT2D eigenvalue weighted by molar-refractivity contribution is -0.116. The number of halogens is 1. The second-order valence-electron chi connectivity index (χ2n) is 6.30. The molecule has 2 N–H and O–H groups in total. The van der Waals surface area contributed by atoms with E-state index in [1.807, 2.05) is 18.2 Å². The fourth-order valence-electron chi connectivity index (χ4n) is 2.77. The summed E-state index contributed by atoms with van der Waals surface area (Å²) >= 11 is 0. The largest absolute Gasteiger partial charge is 0.342 e. The summed E-state index contributed by atoms with van der Waals surface area (Å²) in [5.41, 5.74) is 4.08. The molecular formula is C20H22FN3O. The number of hydrogen-bond acceptors (Lipinski definition) is 2. The number of rotatable bonds is 6. The summed E-state index contributed by atoms with van der Waals surface area (Å²) in [4.78, 5) is 19.9. The van der Waals surface area contributed by atoms with Gasteiger partial charge >= 0.3 is 0 Å². The topological polar surface area (TPSA) is 57.8 Å². The van der Waals surface area contributed by atoms with Crippen molar-refractivity contribution in [1.29, 1.82) is 0 Å². The van der Waals surface area contributed by atoms with Gasteiger partial charge in [0, 0.05) is 18.5 Å². The maximum atomic E-state index is 13.5. The number of carbonyl (C=O) groups excluding carboxylic acids is 1. The summed E-state index contributed by atoms with van der Waals surface area (Å²) in [7, 11) is 0. The van der Waals surface area contributed by atoms with Crippen LogP contribution in [0.2, 0.25) is 0 Å². The van der Waals surface area contributed by atoms with Crippen LogP contribution in [0.4, 0.5) is 10.1 Å². The number of aryl methyl sites for hydroxylation is 3. The van der Waals surface area contributed by atoms with Crippen LogP contribution in [0.3, 0.4) is 0 Å². The van der Waals surface area contributed by atoms with Crippen molar-refractivity contribution >= 4 is 22.6 Å². The first-order chi connectivity index (χ1) is 12.0. The lowest BCUT2D eigenvalue weighted by Gasteiger charge is -2.06. The number of nitrogens with zero attached hydrogens (tertiary/aromatic N) is 1. The SMILES string of the molecule is CCCc1nc2ccc(CCC(=O)Nc3ccc(C)c(F)c3)cc2[nH]1. The molecule has 4 nitrogen and oxygen atoms in total. The van der Waals surface area contributed by atoms with Crippen LogP contribution in [-0.2, 0) is 17.6 Å². The molecular weight excluding hydrogens is 317 g/mol. The van der Waals surface area contributed by atoms with Gasteiger partial charge in [0.05, 0.1) is 11.0 Å². The highest BCUT2D eigenvalue weighted by molar-refractivity contribution is 5.91. The Morgan fingerprint density at radius 1 is 1.20 bits per heavy atom. The molecule has 3 aromatic rings. The fraction of sp³-hybridized carbons (Fsp3) is 0.300. The van der Waals surface area contributed by atoms with E-state index in [4.69, 9.17) is 0 Å². The molecule has 0 radical (unpaired) electrons. The van der Waals surface area contributed by atoms with E-state index < -0.39 is 0 Å². The zero-order chi connectivity index (χ0) is 17.8. The van der Waals surface area contributed by atoms with E-state index in [1.54, 1.807) is 19.1 Å². The minimum Gasteiger partial charge on any atom is -0.342 e. The molecule has 2 aromatic carbocycles. The van der Waals surface area contributed by atoms with Gasteiger partial charge in [0.2, 0.25) is 5.91 Å². The summed E-state index contributed by atoms with van der Waals surface area (Å²) in [6.45, 7) is 3.82. The molecule has 0 aliphatic carbocycles. The lowest BCUT2D eigenvalue weighted by atomic mass is 10.1. The average Bonchev–Trinajstić information content (AvgIpc) is 2.98. The number of hydrogen-bond donors (Lipinski definition) is 2. The highest BCUT2D eigenvalue weighted by atomic mass is 19.1. The first-order valence-corrected chi connectivity index (χ1v) is 8.58. The van der Waals surface area contributed by atoms with E-state index >= 15 is 0 Å². The van der Waals surface area contributed by atoms with Crippen molar-refractivity contribution in [2.45, 2.75) is 39.5 Å². The van der Waals surface area contributed by atoms with Crippen LogP contribution >= 0.6 is 0 Å². The highest BCUT2D eigenvalue weighted by Gasteiger charge is 2.07. The third-order valence-electron chi connectivity index (χ3n) is 4.18. The van der Waals surface area contributed by atoms with Gasteiger partial charge in [0.15, 0.2) is 0 Å². The van der Waals surface area contributed by atoms with Gasteiger partial charge in [-0.3, -0.25) is 4.79 Å². The third-order valence-corrected chi connectivity index (χ3v) is 4.18. The van der Waals surface area contributed by atoms with Crippen LogP contribution in [0.25, 0.3) is 11.0 Å². The summed E-state index contributed by atoms with van der Waals surface area (Å²) in [5.74, 6) is 0.554. The Balaban J connectivity index is 1.61. The number of imidazole rings is 1. The van der Waals surface area contributed by atoms with Gasteiger partial charge in [0.1, 0.15) is 11.6 Å². The zero-order valence-electron chi connectivity index (χ0n) is 14.5. The molecule has 0 saturated carbocycles. The molecule has 1 heterocycles. The molecule has 0 spiro atoms. The van der Waals surface area contributed by atoms with Gasteiger partial charge in [-0.1, -0.05) is 19.1 Å². The number of nitrogens with one attached hydrogen (secondary N) is 2. The Labute approximate surface area is 146 Å². The Morgan fingerprint density at radius 3 is 2.80 bits per heavy atom. The molecule has 25 heavy (non-hydrogen) atoms. The van der Waals surface area contributed by atoms with E-state index in [-0.39, 0.29) is 11.7 Å². The van der Waals surface area contributed by atoms with Gasteiger partial charge in [-0.15, -0.1) is 0 Å². The van der Waals surface area contributed by atoms with E-state index in [0.29, 0.717) is 24.1 Å². The van der Waals surface area contributed by atoms with Crippen molar-refractivity contribution in [2.75, 3.05) is 5.32 Å². The Bertz CT molecular complexity index is 901. The first kappa shape index (κ1) is 17.1. The quantitative estimate of drug-likeness (QED) is 0.693. The lowest BCUT2D eigenvalue weighted by Crippen LogP contribution is -2.12. The number of aromatic nitrogens is 2. The standard InChI is InChI=1S/C20H22FN3O/c1-3-4-19-23-17-9-6-14(11-18(17)24-19)7-10-20(25)22-15-8-5-13(2)16(21)12-15/h5-6,8-9,11-12H,3-4,7,10H2,1-2H3,(H,22,25)(H,23,24). The van der Waals surface area contributed by atoms with Crippen molar-refractivity contribution in [3.05, 3.63) is 59.2 Å². The predicted octanol–water partition coefficient (Wildman–Crippen LogP) is 4.53. The molecule has 5 heteroatoms. The van der Waals surface area contributed by atoms with Crippen LogP contribution in [-0.4, -0.2) is 15.9 Å². The average molecular weight is 339 g/mol. The number of anilines is 1. The predicted molar refractivity (Wildman–Crippen MR) is 98.2 cm³/mol. The van der Waals surface area contributed by atoms with Crippen molar-refractivity contribution in [2.24, 2.45) is 0 Å². The molecule has 0 fully saturated rings. The Hall–Kier alpha value is -2.69. The van der Waals surface area contributed by atoms with E-state index in [1.165, 1.54) is 6.07 Å². The van der Waals surface area contributed by atoms with Gasteiger partial charge < -0.3 is 10.3 Å². The van der Waals surface area contributed by atoms with Crippen molar-refractivity contribution in [3.8, 4) is 0 Å². The monoisotopic (exact) mass is 339 g/mol. The minimum atomic E-state index is -0.314. The van der Waals surface area contributed by atoms with Crippen LogP contribution < -0.4 is 5.32 Å². The number of aromatic amines is 1. The molecule has 0 aliphatic rings. The molecule has 0 bridgehead atoms. The summed E-state index contributed by atoms with van der Waals surface area (Å²) < 4.78 is 13.5. The molecule has 130 valence electrons. The second-order valence-corrected chi connectivity index (χ2v) is 6.30. The maximum Gasteiger partial charge on any atom is 0.224 e. The third kappa shape index (κ3) is 4.24. The summed E-state index contributed by atoms with van der Waals surface area (Å²) in [6.07, 6.45) is 2.95. The van der Waals surface area contributed by atoms with Gasteiger partial charge in [0.25, 0.3) is 0 Å². The molecule has 0 atom stereocenters. The normalized spacial score (nSPS) is 11.0. The molecule has 1 aromatic heterocycles. The van der Waals surface area contributed by atoms with Crippen molar-refractivity contribution in [1.82, 2.24) is 9.97 Å². The van der Waals surface area contributed by atoms with E-state index in [2.05, 4.69) is 22.2 Å². The van der Waals surface area contributed by atoms with Crippen LogP contribution in [0.1, 0.15) is 36.7 Å². The van der Waals surface area contributed by atoms with E-state index in [9.17, 15) is 9.18 Å². The van der Waals surface area contributed by atoms with Gasteiger partial charge in [-0.25, -0.2) is 9.37 Å². The van der Waals surface area contributed by atoms with Crippen LogP contribution in [0.15, 0.2) is 36.4 Å². The molecule has 0 unspecified atom stereocenters. The highest BCUT2D eigenvalue weighted by Crippen LogP contribution is 2.17. The van der Waals surface area contributed by atoms with Gasteiger partial charge in [-0.2, -0.15) is 0 Å². The molecule has 1 amide bonds. The number of carbonyl (C=O) groups is 1. The Morgan fingerprint density at radius 2 is 2.04 bits per heavy atom. The second kappa shape index (κ2) is 7.47. The first-order valence-electron chi connectivity index (χ1n) is 8.58. The van der Waals surface area contributed by atoms with Crippen molar-refractivity contribution < 1.29 is 9.18 Å². The molecule has 3 rings (SSSR count). The van der Waals surface area contributed by atoms with Crippen LogP contribution in [0.5, 0.6) is 0 Å². The minimum absolute atomic E-state index is 0.125. The summed E-state index contributed by atoms with van der Waals surface area (Å²) in [5, 5.41) is 2.74. The maximum absolute atomic E-state index is 13.5. The molecule has 0 aliphatic heterocycles. The van der Waals surface area contributed by atoms with Crippen molar-refractivity contribution in [3.63, 3.8) is 0 Å². The summed E-state index contributed by atoms with van der Waals surface area (Å²) in [6, 6.07) is 10.7. The Kier molecular flexibility index (Phi) is 5.12. The number of H-pyrrole nitrogens is 1. The number of benzene rings is 2. The van der Waals surface area contributed by atoms with Gasteiger partial charge in [-0.05, 0) is 55.2 Å². The fourth-order valence-corrected chi connectivity index (χ4v) is 2.77. The number of amides is 1. The van der Waals surface area contributed by atoms with E-state index in [0.717, 1.165) is 35.3 Å².